The number of carbonyl (C=O) groups excluding carboxylic acids is 1. The first-order chi connectivity index (χ1) is 15.0. The van der Waals surface area contributed by atoms with Gasteiger partial charge in [0.25, 0.3) is 10.0 Å². The summed E-state index contributed by atoms with van der Waals surface area (Å²) in [5, 5.41) is 8.72. The van der Waals surface area contributed by atoms with Crippen molar-refractivity contribution in [2.24, 2.45) is 5.14 Å². The van der Waals surface area contributed by atoms with Crippen molar-refractivity contribution in [2.75, 3.05) is 5.88 Å². The fourth-order valence-corrected chi connectivity index (χ4v) is 4.00. The zero-order valence-corrected chi connectivity index (χ0v) is 18.0. The maximum Gasteiger partial charge on any atom is 0.267 e. The van der Waals surface area contributed by atoms with Crippen molar-refractivity contribution in [3.05, 3.63) is 71.4 Å². The molecule has 0 saturated carbocycles. The van der Waals surface area contributed by atoms with E-state index in [9.17, 15) is 30.8 Å². The Morgan fingerprint density at radius 2 is 1.66 bits per heavy atom. The highest BCUT2D eigenvalue weighted by molar-refractivity contribution is 7.91. The van der Waals surface area contributed by atoms with Crippen molar-refractivity contribution in [1.82, 2.24) is 14.6 Å². The lowest BCUT2D eigenvalue weighted by molar-refractivity contribution is 0.102. The number of carbonyl (C=O) groups is 1. The second-order valence-electron chi connectivity index (χ2n) is 6.08. The lowest BCUT2D eigenvalue weighted by atomic mass is 10.1. The van der Waals surface area contributed by atoms with E-state index in [0.717, 1.165) is 35.6 Å². The van der Waals surface area contributed by atoms with E-state index in [-0.39, 0.29) is 20.7 Å². The van der Waals surface area contributed by atoms with Crippen LogP contribution in [-0.4, -0.2) is 34.7 Å². The predicted octanol–water partition coefficient (Wildman–Crippen LogP) is 3.77. The van der Waals surface area contributed by atoms with Crippen LogP contribution in [0.2, 0.25) is 0 Å². The van der Waals surface area contributed by atoms with Crippen LogP contribution in [0.4, 0.5) is 17.6 Å². The second-order valence-corrected chi connectivity index (χ2v) is 9.04. The average Bonchev–Trinajstić information content (AvgIpc) is 3.31. The number of alkyl halides is 1. The Bertz CT molecular complexity index is 1390. The van der Waals surface area contributed by atoms with Gasteiger partial charge in [-0.05, 0) is 36.4 Å². The first-order valence-electron chi connectivity index (χ1n) is 8.38. The summed E-state index contributed by atoms with van der Waals surface area (Å²) >= 11 is 6.00. The number of benzene rings is 2. The molecule has 4 aromatic rings. The van der Waals surface area contributed by atoms with Gasteiger partial charge in [0.1, 0.15) is 0 Å². The van der Waals surface area contributed by atoms with Gasteiger partial charge in [-0.3, -0.25) is 4.79 Å². The molecule has 168 valence electrons. The molecule has 2 N–H and O–H groups in total. The molecular formula is C18H11ClF4N4O3S2. The lowest BCUT2D eigenvalue weighted by Crippen LogP contribution is -2.12. The molecule has 0 fully saturated rings. The first-order valence-corrected chi connectivity index (χ1v) is 11.3. The summed E-state index contributed by atoms with van der Waals surface area (Å²) in [6, 6.07) is 6.29. The van der Waals surface area contributed by atoms with Gasteiger partial charge in [-0.2, -0.15) is 0 Å². The van der Waals surface area contributed by atoms with Gasteiger partial charge in [0.05, 0.1) is 17.8 Å². The largest absolute Gasteiger partial charge is 0.293 e. The monoisotopic (exact) mass is 506 g/mol. The summed E-state index contributed by atoms with van der Waals surface area (Å²) in [6.45, 7) is 0. The molecule has 0 aliphatic rings. The normalized spacial score (nSPS) is 11.3. The maximum atomic E-state index is 13.1. The third-order valence-electron chi connectivity index (χ3n) is 3.85. The quantitative estimate of drug-likeness (QED) is 0.257. The van der Waals surface area contributed by atoms with Crippen LogP contribution in [0.25, 0.3) is 16.2 Å². The molecule has 14 heteroatoms. The second kappa shape index (κ2) is 9.32. The SMILES string of the molecule is NS(=O)(=O)c1nn2cc(-c3ccc(F)c(F)c3)nc2s1.O=C(CCl)c1ccc(F)c(F)c1. The van der Waals surface area contributed by atoms with E-state index in [2.05, 4.69) is 10.1 Å². The van der Waals surface area contributed by atoms with Crippen LogP contribution in [0.5, 0.6) is 0 Å². The summed E-state index contributed by atoms with van der Waals surface area (Å²) in [6.07, 6.45) is 1.41. The van der Waals surface area contributed by atoms with Gasteiger partial charge in [0.15, 0.2) is 29.1 Å². The van der Waals surface area contributed by atoms with Crippen molar-refractivity contribution in [3.8, 4) is 11.3 Å². The highest BCUT2D eigenvalue weighted by Crippen LogP contribution is 2.24. The zero-order valence-electron chi connectivity index (χ0n) is 15.6. The number of imidazole rings is 1. The fraction of sp³-hybridized carbons (Fsp3) is 0.0556. The number of halogens is 5. The van der Waals surface area contributed by atoms with Gasteiger partial charge in [0.2, 0.25) is 9.30 Å². The van der Waals surface area contributed by atoms with Crippen LogP contribution >= 0.6 is 22.9 Å². The van der Waals surface area contributed by atoms with E-state index in [1.165, 1.54) is 22.8 Å². The Kier molecular flexibility index (Phi) is 6.93. The summed E-state index contributed by atoms with van der Waals surface area (Å²) < 4.78 is 74.1. The number of ketones is 1. The topological polar surface area (TPSA) is 107 Å². The summed E-state index contributed by atoms with van der Waals surface area (Å²) in [7, 11) is -3.89. The lowest BCUT2D eigenvalue weighted by Gasteiger charge is -1.97. The van der Waals surface area contributed by atoms with Gasteiger partial charge in [-0.25, -0.2) is 40.6 Å². The van der Waals surface area contributed by atoms with Gasteiger partial charge in [0, 0.05) is 11.1 Å². The molecule has 0 spiro atoms. The van der Waals surface area contributed by atoms with Crippen molar-refractivity contribution in [2.45, 2.75) is 4.34 Å². The van der Waals surface area contributed by atoms with Gasteiger partial charge < -0.3 is 0 Å². The number of nitrogens with zero attached hydrogens (tertiary/aromatic N) is 3. The summed E-state index contributed by atoms with van der Waals surface area (Å²) in [4.78, 5) is 15.2. The van der Waals surface area contributed by atoms with Crippen LogP contribution in [0.3, 0.4) is 0 Å². The van der Waals surface area contributed by atoms with Crippen LogP contribution < -0.4 is 5.14 Å². The Morgan fingerprint density at radius 3 is 2.19 bits per heavy atom. The Labute approximate surface area is 187 Å². The van der Waals surface area contributed by atoms with E-state index < -0.39 is 39.1 Å². The van der Waals surface area contributed by atoms with Crippen molar-refractivity contribution < 1.29 is 30.8 Å². The number of nitrogens with two attached hydrogens (primary N) is 1. The summed E-state index contributed by atoms with van der Waals surface area (Å²) in [5.74, 6) is -4.60. The number of hydrogen-bond donors (Lipinski definition) is 1. The number of hydrogen-bond acceptors (Lipinski definition) is 6. The van der Waals surface area contributed by atoms with Gasteiger partial charge >= 0.3 is 0 Å². The number of fused-ring (bicyclic) bond motifs is 1. The van der Waals surface area contributed by atoms with Crippen molar-refractivity contribution >= 4 is 43.7 Å². The molecule has 0 unspecified atom stereocenters. The van der Waals surface area contributed by atoms with Crippen LogP contribution in [0, 0.1) is 23.3 Å². The minimum atomic E-state index is -3.89. The molecule has 0 atom stereocenters. The average molecular weight is 507 g/mol. The maximum absolute atomic E-state index is 13.1. The molecule has 0 saturated heterocycles. The molecule has 2 aromatic carbocycles. The third kappa shape index (κ3) is 5.30. The minimum Gasteiger partial charge on any atom is -0.293 e. The number of sulfonamides is 1. The molecule has 0 amide bonds. The number of aromatic nitrogens is 3. The van der Waals surface area contributed by atoms with Gasteiger partial charge in [-0.15, -0.1) is 16.7 Å². The van der Waals surface area contributed by atoms with E-state index >= 15 is 0 Å². The molecule has 2 aromatic heterocycles. The smallest absolute Gasteiger partial charge is 0.267 e. The van der Waals surface area contributed by atoms with E-state index in [1.807, 2.05) is 0 Å². The molecular weight excluding hydrogens is 496 g/mol. The van der Waals surface area contributed by atoms with Crippen molar-refractivity contribution in [1.29, 1.82) is 0 Å². The molecule has 7 nitrogen and oxygen atoms in total. The van der Waals surface area contributed by atoms with E-state index in [1.54, 1.807) is 0 Å². The highest BCUT2D eigenvalue weighted by Gasteiger charge is 2.17. The third-order valence-corrected chi connectivity index (χ3v) is 6.32. The van der Waals surface area contributed by atoms with Crippen molar-refractivity contribution in [3.63, 3.8) is 0 Å². The molecule has 4 rings (SSSR count). The Morgan fingerprint density at radius 1 is 1.03 bits per heavy atom. The molecule has 0 aliphatic carbocycles. The fourth-order valence-electron chi connectivity index (χ4n) is 2.34. The number of Topliss-reactive ketones (excluding diaryl/α,β-unsaturated/α-hetero) is 1. The Balaban J connectivity index is 0.000000207. The van der Waals surface area contributed by atoms with Crippen LogP contribution in [-0.2, 0) is 10.0 Å². The van der Waals surface area contributed by atoms with Crippen LogP contribution in [0.15, 0.2) is 46.9 Å². The molecule has 32 heavy (non-hydrogen) atoms. The summed E-state index contributed by atoms with van der Waals surface area (Å²) in [5.41, 5.74) is 0.797. The Hall–Kier alpha value is -2.87. The molecule has 0 radical (unpaired) electrons. The standard InChI is InChI=1S/C10H6F2N4O2S2.C8H5ClF2O/c11-6-2-1-5(3-7(6)12)8-4-16-9(14-8)19-10(15-16)20(13,17)18;9-4-8(12)5-1-2-6(10)7(11)3-5/h1-4H,(H2,13,17,18);1-3H,4H2. The number of rotatable bonds is 4. The minimum absolute atomic E-state index is 0.0869. The van der Waals surface area contributed by atoms with Crippen LogP contribution in [0.1, 0.15) is 10.4 Å². The molecule has 0 bridgehead atoms. The number of primary sulfonamides is 1. The zero-order chi connectivity index (χ0) is 23.6. The molecule has 2 heterocycles. The van der Waals surface area contributed by atoms with E-state index in [0.29, 0.717) is 11.3 Å². The highest BCUT2D eigenvalue weighted by atomic mass is 35.5. The van der Waals surface area contributed by atoms with Gasteiger partial charge in [-0.1, -0.05) is 11.3 Å². The van der Waals surface area contributed by atoms with E-state index in [4.69, 9.17) is 16.7 Å². The first kappa shape index (κ1) is 23.8. The predicted molar refractivity (Wildman–Crippen MR) is 109 cm³/mol. The molecule has 0 aliphatic heterocycles.